The first kappa shape index (κ1) is 13.1. The van der Waals surface area contributed by atoms with Gasteiger partial charge in [-0.1, -0.05) is 13.0 Å². The fourth-order valence-electron chi connectivity index (χ4n) is 2.23. The van der Waals surface area contributed by atoms with Crippen LogP contribution in [-0.4, -0.2) is 18.1 Å². The number of aryl methyl sites for hydroxylation is 1. The van der Waals surface area contributed by atoms with Crippen molar-refractivity contribution >= 4 is 0 Å². The van der Waals surface area contributed by atoms with Crippen LogP contribution in [0.2, 0.25) is 0 Å². The Balaban J connectivity index is 2.24. The molecule has 2 rings (SSSR count). The van der Waals surface area contributed by atoms with Gasteiger partial charge in [0.25, 0.3) is 0 Å². The molecule has 1 aliphatic heterocycles. The molecular weight excluding hydrogens is 224 g/mol. The largest absolute Gasteiger partial charge is 0.496 e. The molecule has 18 heavy (non-hydrogen) atoms. The van der Waals surface area contributed by atoms with Gasteiger partial charge in [0, 0.05) is 11.9 Å². The summed E-state index contributed by atoms with van der Waals surface area (Å²) in [6.07, 6.45) is 7.40. The molecule has 0 aromatic carbocycles. The van der Waals surface area contributed by atoms with E-state index in [2.05, 4.69) is 36.3 Å². The van der Waals surface area contributed by atoms with E-state index in [0.717, 1.165) is 43.9 Å². The SMILES string of the molecule is CCCNC(C1=CCCCO1)c1cccnc1C. The van der Waals surface area contributed by atoms with Crippen LogP contribution < -0.4 is 5.32 Å². The normalized spacial score (nSPS) is 16.9. The van der Waals surface area contributed by atoms with Gasteiger partial charge >= 0.3 is 0 Å². The van der Waals surface area contributed by atoms with Crippen molar-refractivity contribution in [3.63, 3.8) is 0 Å². The molecule has 1 aliphatic rings. The molecule has 1 unspecified atom stereocenters. The molecule has 3 nitrogen and oxygen atoms in total. The first-order valence-corrected chi connectivity index (χ1v) is 6.80. The number of rotatable bonds is 5. The quantitative estimate of drug-likeness (QED) is 0.866. The Labute approximate surface area is 109 Å². The highest BCUT2D eigenvalue weighted by molar-refractivity contribution is 5.29. The molecule has 98 valence electrons. The van der Waals surface area contributed by atoms with Gasteiger partial charge in [0.15, 0.2) is 0 Å². The number of hydrogen-bond acceptors (Lipinski definition) is 3. The Morgan fingerprint density at radius 2 is 2.39 bits per heavy atom. The molecule has 1 atom stereocenters. The van der Waals surface area contributed by atoms with E-state index in [1.54, 1.807) is 0 Å². The van der Waals surface area contributed by atoms with Gasteiger partial charge in [-0.05, 0) is 50.4 Å². The molecule has 0 spiro atoms. The van der Waals surface area contributed by atoms with Gasteiger partial charge in [0.2, 0.25) is 0 Å². The number of allylic oxidation sites excluding steroid dienone is 1. The molecule has 1 aromatic rings. The lowest BCUT2D eigenvalue weighted by Crippen LogP contribution is -2.27. The van der Waals surface area contributed by atoms with E-state index in [-0.39, 0.29) is 6.04 Å². The van der Waals surface area contributed by atoms with Crippen LogP contribution in [0.5, 0.6) is 0 Å². The number of hydrogen-bond donors (Lipinski definition) is 1. The second kappa shape index (κ2) is 6.55. The van der Waals surface area contributed by atoms with Crippen molar-refractivity contribution in [3.8, 4) is 0 Å². The highest BCUT2D eigenvalue weighted by Gasteiger charge is 2.21. The van der Waals surface area contributed by atoms with Crippen LogP contribution in [0.1, 0.15) is 43.5 Å². The van der Waals surface area contributed by atoms with Gasteiger partial charge in [-0.15, -0.1) is 0 Å². The van der Waals surface area contributed by atoms with Gasteiger partial charge in [-0.2, -0.15) is 0 Å². The molecule has 3 heteroatoms. The summed E-state index contributed by atoms with van der Waals surface area (Å²) in [6, 6.07) is 4.28. The van der Waals surface area contributed by atoms with Crippen molar-refractivity contribution in [2.45, 2.75) is 39.2 Å². The second-order valence-electron chi connectivity index (χ2n) is 4.66. The van der Waals surface area contributed by atoms with Gasteiger partial charge in [0.05, 0.1) is 12.6 Å². The first-order chi connectivity index (χ1) is 8.83. The van der Waals surface area contributed by atoms with E-state index in [4.69, 9.17) is 4.74 Å². The summed E-state index contributed by atoms with van der Waals surface area (Å²) in [5.41, 5.74) is 2.29. The summed E-state index contributed by atoms with van der Waals surface area (Å²) in [4.78, 5) is 4.38. The average Bonchev–Trinajstić information content (AvgIpc) is 2.42. The van der Waals surface area contributed by atoms with E-state index < -0.39 is 0 Å². The Morgan fingerprint density at radius 1 is 1.50 bits per heavy atom. The molecule has 0 aliphatic carbocycles. The minimum atomic E-state index is 0.152. The smallest absolute Gasteiger partial charge is 0.113 e. The van der Waals surface area contributed by atoms with E-state index in [1.807, 2.05) is 12.3 Å². The molecule has 1 aromatic heterocycles. The van der Waals surface area contributed by atoms with Gasteiger partial charge < -0.3 is 10.1 Å². The lowest BCUT2D eigenvalue weighted by atomic mass is 10.0. The number of ether oxygens (including phenoxy) is 1. The third-order valence-corrected chi connectivity index (χ3v) is 3.20. The molecule has 0 saturated heterocycles. The summed E-state index contributed by atoms with van der Waals surface area (Å²) in [5, 5.41) is 3.56. The van der Waals surface area contributed by atoms with Crippen molar-refractivity contribution in [2.75, 3.05) is 13.2 Å². The van der Waals surface area contributed by atoms with E-state index in [1.165, 1.54) is 5.56 Å². The Morgan fingerprint density at radius 3 is 3.06 bits per heavy atom. The van der Waals surface area contributed by atoms with Gasteiger partial charge in [-0.25, -0.2) is 0 Å². The zero-order chi connectivity index (χ0) is 12.8. The first-order valence-electron chi connectivity index (χ1n) is 6.80. The van der Waals surface area contributed by atoms with Crippen LogP contribution in [-0.2, 0) is 4.74 Å². The number of aromatic nitrogens is 1. The maximum absolute atomic E-state index is 5.82. The molecule has 0 fully saturated rings. The maximum atomic E-state index is 5.82. The van der Waals surface area contributed by atoms with Crippen LogP contribution in [0.25, 0.3) is 0 Å². The summed E-state index contributed by atoms with van der Waals surface area (Å²) < 4.78 is 5.82. The van der Waals surface area contributed by atoms with Gasteiger partial charge in [-0.3, -0.25) is 4.98 Å². The minimum Gasteiger partial charge on any atom is -0.496 e. The van der Waals surface area contributed by atoms with Crippen LogP contribution >= 0.6 is 0 Å². The number of nitrogens with zero attached hydrogens (tertiary/aromatic N) is 1. The van der Waals surface area contributed by atoms with Gasteiger partial charge in [0.1, 0.15) is 5.76 Å². The molecule has 0 saturated carbocycles. The average molecular weight is 246 g/mol. The molecule has 0 radical (unpaired) electrons. The third-order valence-electron chi connectivity index (χ3n) is 3.20. The highest BCUT2D eigenvalue weighted by atomic mass is 16.5. The summed E-state index contributed by atoms with van der Waals surface area (Å²) in [5.74, 6) is 1.06. The van der Waals surface area contributed by atoms with Crippen molar-refractivity contribution < 1.29 is 4.74 Å². The summed E-state index contributed by atoms with van der Waals surface area (Å²) >= 11 is 0. The molecule has 1 N–H and O–H groups in total. The van der Waals surface area contributed by atoms with E-state index in [9.17, 15) is 0 Å². The van der Waals surface area contributed by atoms with Crippen LogP contribution in [0.15, 0.2) is 30.2 Å². The fourth-order valence-corrected chi connectivity index (χ4v) is 2.23. The van der Waals surface area contributed by atoms with Crippen LogP contribution in [0.3, 0.4) is 0 Å². The Hall–Kier alpha value is -1.35. The lowest BCUT2D eigenvalue weighted by molar-refractivity contribution is 0.167. The molecule has 2 heterocycles. The zero-order valence-electron chi connectivity index (χ0n) is 11.3. The fraction of sp³-hybridized carbons (Fsp3) is 0.533. The standard InChI is InChI=1S/C15H22N2O/c1-3-9-17-15(14-8-4-5-11-18-14)13-7-6-10-16-12(13)2/h6-8,10,15,17H,3-5,9,11H2,1-2H3. The van der Waals surface area contributed by atoms with Crippen LogP contribution in [0.4, 0.5) is 0 Å². The monoisotopic (exact) mass is 246 g/mol. The Bertz CT molecular complexity index is 415. The predicted molar refractivity (Wildman–Crippen MR) is 73.3 cm³/mol. The van der Waals surface area contributed by atoms with Crippen molar-refractivity contribution in [3.05, 3.63) is 41.4 Å². The molecule has 0 bridgehead atoms. The number of pyridine rings is 1. The highest BCUT2D eigenvalue weighted by Crippen LogP contribution is 2.27. The minimum absolute atomic E-state index is 0.152. The molecular formula is C15H22N2O. The van der Waals surface area contributed by atoms with Crippen molar-refractivity contribution in [2.24, 2.45) is 0 Å². The van der Waals surface area contributed by atoms with Crippen molar-refractivity contribution in [1.82, 2.24) is 10.3 Å². The lowest BCUT2D eigenvalue weighted by Gasteiger charge is -2.26. The van der Waals surface area contributed by atoms with E-state index >= 15 is 0 Å². The van der Waals surface area contributed by atoms with E-state index in [0.29, 0.717) is 0 Å². The number of nitrogens with one attached hydrogen (secondary N) is 1. The third kappa shape index (κ3) is 3.10. The second-order valence-corrected chi connectivity index (χ2v) is 4.66. The predicted octanol–water partition coefficient (Wildman–Crippen LogP) is 3.13. The van der Waals surface area contributed by atoms with Crippen molar-refractivity contribution in [1.29, 1.82) is 0 Å². The maximum Gasteiger partial charge on any atom is 0.113 e. The zero-order valence-corrected chi connectivity index (χ0v) is 11.3. The Kier molecular flexibility index (Phi) is 4.76. The topological polar surface area (TPSA) is 34.1 Å². The molecule has 0 amide bonds. The van der Waals surface area contributed by atoms with Crippen LogP contribution in [0, 0.1) is 6.92 Å². The summed E-state index contributed by atoms with van der Waals surface area (Å²) in [6.45, 7) is 6.05. The summed E-state index contributed by atoms with van der Waals surface area (Å²) in [7, 11) is 0.